The highest BCUT2D eigenvalue weighted by molar-refractivity contribution is 5.76. The zero-order valence-electron chi connectivity index (χ0n) is 11.6. The predicted octanol–water partition coefficient (Wildman–Crippen LogP) is 0.834. The molecule has 0 saturated carbocycles. The van der Waals surface area contributed by atoms with Crippen LogP contribution in [0.4, 0.5) is 4.79 Å². The van der Waals surface area contributed by atoms with Crippen molar-refractivity contribution in [1.29, 1.82) is 0 Å². The van der Waals surface area contributed by atoms with Crippen LogP contribution >= 0.6 is 0 Å². The lowest BCUT2D eigenvalue weighted by atomic mass is 10.2. The number of ether oxygens (including phenoxy) is 1. The monoisotopic (exact) mass is 274 g/mol. The van der Waals surface area contributed by atoms with Gasteiger partial charge in [-0.1, -0.05) is 0 Å². The SMILES string of the molecule is CCOC(=O)CC(C)N(C)C(=O)NCCCC(=O)O. The highest BCUT2D eigenvalue weighted by Gasteiger charge is 2.18. The Hall–Kier alpha value is -1.79. The first-order valence-electron chi connectivity index (χ1n) is 6.26. The van der Waals surface area contributed by atoms with Gasteiger partial charge in [0.1, 0.15) is 0 Å². The summed E-state index contributed by atoms with van der Waals surface area (Å²) >= 11 is 0. The number of urea groups is 1. The highest BCUT2D eigenvalue weighted by atomic mass is 16.5. The molecule has 7 heteroatoms. The quantitative estimate of drug-likeness (QED) is 0.505. The van der Waals surface area contributed by atoms with E-state index in [1.807, 2.05) is 0 Å². The van der Waals surface area contributed by atoms with Gasteiger partial charge in [-0.25, -0.2) is 4.79 Å². The number of carboxylic acid groups (broad SMARTS) is 1. The van der Waals surface area contributed by atoms with Gasteiger partial charge in [0.25, 0.3) is 0 Å². The molecule has 0 aromatic heterocycles. The second-order valence-electron chi connectivity index (χ2n) is 4.20. The lowest BCUT2D eigenvalue weighted by molar-refractivity contribution is -0.144. The van der Waals surface area contributed by atoms with Gasteiger partial charge < -0.3 is 20.1 Å². The van der Waals surface area contributed by atoms with Crippen LogP contribution in [-0.4, -0.2) is 54.2 Å². The molecule has 0 aliphatic heterocycles. The second kappa shape index (κ2) is 9.18. The third-order valence-electron chi connectivity index (χ3n) is 2.59. The number of hydrogen-bond acceptors (Lipinski definition) is 4. The molecule has 0 aliphatic rings. The molecule has 0 fully saturated rings. The standard InChI is InChI=1S/C12H22N2O5/c1-4-19-11(17)8-9(2)14(3)12(18)13-7-5-6-10(15)16/h9H,4-8H2,1-3H3,(H,13,18)(H,15,16). The van der Waals surface area contributed by atoms with Gasteiger partial charge in [0.05, 0.1) is 13.0 Å². The zero-order valence-corrected chi connectivity index (χ0v) is 11.6. The summed E-state index contributed by atoms with van der Waals surface area (Å²) in [5, 5.41) is 11.0. The fourth-order valence-electron chi connectivity index (χ4n) is 1.36. The molecule has 19 heavy (non-hydrogen) atoms. The molecule has 0 bridgehead atoms. The molecule has 0 radical (unpaired) electrons. The molecular weight excluding hydrogens is 252 g/mol. The Morgan fingerprint density at radius 2 is 2.00 bits per heavy atom. The van der Waals surface area contributed by atoms with Crippen LogP contribution < -0.4 is 5.32 Å². The molecule has 2 N–H and O–H groups in total. The van der Waals surface area contributed by atoms with E-state index in [1.165, 1.54) is 4.90 Å². The van der Waals surface area contributed by atoms with Crippen molar-refractivity contribution in [3.63, 3.8) is 0 Å². The van der Waals surface area contributed by atoms with Crippen molar-refractivity contribution in [2.24, 2.45) is 0 Å². The van der Waals surface area contributed by atoms with Crippen molar-refractivity contribution < 1.29 is 24.2 Å². The fourth-order valence-corrected chi connectivity index (χ4v) is 1.36. The minimum absolute atomic E-state index is 0.0162. The minimum Gasteiger partial charge on any atom is -0.481 e. The number of carbonyl (C=O) groups excluding carboxylic acids is 2. The van der Waals surface area contributed by atoms with E-state index in [2.05, 4.69) is 5.32 Å². The largest absolute Gasteiger partial charge is 0.481 e. The summed E-state index contributed by atoms with van der Waals surface area (Å²) in [5.74, 6) is -1.24. The molecule has 0 saturated heterocycles. The van der Waals surface area contributed by atoms with Crippen molar-refractivity contribution in [1.82, 2.24) is 10.2 Å². The van der Waals surface area contributed by atoms with Gasteiger partial charge in [-0.05, 0) is 20.3 Å². The van der Waals surface area contributed by atoms with Crippen LogP contribution in [0.5, 0.6) is 0 Å². The molecule has 1 atom stereocenters. The topological polar surface area (TPSA) is 95.9 Å². The van der Waals surface area contributed by atoms with E-state index in [1.54, 1.807) is 20.9 Å². The van der Waals surface area contributed by atoms with E-state index in [4.69, 9.17) is 9.84 Å². The molecule has 2 amide bonds. The van der Waals surface area contributed by atoms with Crippen molar-refractivity contribution in [3.8, 4) is 0 Å². The van der Waals surface area contributed by atoms with Gasteiger partial charge >= 0.3 is 18.0 Å². The van der Waals surface area contributed by atoms with Crippen molar-refractivity contribution in [2.75, 3.05) is 20.2 Å². The summed E-state index contributed by atoms with van der Waals surface area (Å²) in [5.41, 5.74) is 0. The Bertz CT molecular complexity index is 319. The van der Waals surface area contributed by atoms with Gasteiger partial charge in [0.2, 0.25) is 0 Å². The van der Waals surface area contributed by atoms with Gasteiger partial charge in [-0.15, -0.1) is 0 Å². The first kappa shape index (κ1) is 17.2. The Morgan fingerprint density at radius 3 is 2.53 bits per heavy atom. The molecule has 0 spiro atoms. The van der Waals surface area contributed by atoms with Crippen LogP contribution in [0.3, 0.4) is 0 Å². The number of aliphatic carboxylic acids is 1. The number of rotatable bonds is 8. The normalized spacial score (nSPS) is 11.5. The third-order valence-corrected chi connectivity index (χ3v) is 2.59. The van der Waals surface area contributed by atoms with Crippen LogP contribution in [0.2, 0.25) is 0 Å². The molecule has 0 rings (SSSR count). The average molecular weight is 274 g/mol. The van der Waals surface area contributed by atoms with Crippen molar-refractivity contribution in [2.45, 2.75) is 39.2 Å². The number of nitrogens with one attached hydrogen (secondary N) is 1. The Morgan fingerprint density at radius 1 is 1.37 bits per heavy atom. The summed E-state index contributed by atoms with van der Waals surface area (Å²) in [6, 6.07) is -0.610. The maximum Gasteiger partial charge on any atom is 0.317 e. The molecule has 7 nitrogen and oxygen atoms in total. The second-order valence-corrected chi connectivity index (χ2v) is 4.20. The average Bonchev–Trinajstić information content (AvgIpc) is 2.33. The number of nitrogens with zero attached hydrogens (tertiary/aromatic N) is 1. The Balaban J connectivity index is 3.96. The van der Waals surface area contributed by atoms with Gasteiger partial charge in [-0.3, -0.25) is 9.59 Å². The summed E-state index contributed by atoms with van der Waals surface area (Å²) < 4.78 is 4.80. The maximum atomic E-state index is 11.7. The number of hydrogen-bond donors (Lipinski definition) is 2. The highest BCUT2D eigenvalue weighted by Crippen LogP contribution is 2.03. The summed E-state index contributed by atoms with van der Waals surface area (Å²) in [7, 11) is 1.58. The fraction of sp³-hybridized carbons (Fsp3) is 0.750. The summed E-state index contributed by atoms with van der Waals surface area (Å²) in [4.78, 5) is 34.6. The van der Waals surface area contributed by atoms with Crippen LogP contribution in [0.1, 0.15) is 33.1 Å². The molecule has 0 aliphatic carbocycles. The Kier molecular flexibility index (Phi) is 8.32. The van der Waals surface area contributed by atoms with Gasteiger partial charge in [0, 0.05) is 26.1 Å². The van der Waals surface area contributed by atoms with Crippen LogP contribution in [0.15, 0.2) is 0 Å². The summed E-state index contributed by atoms with van der Waals surface area (Å²) in [6.07, 6.45) is 0.524. The van der Waals surface area contributed by atoms with Crippen LogP contribution in [0, 0.1) is 0 Å². The van der Waals surface area contributed by atoms with E-state index in [9.17, 15) is 14.4 Å². The zero-order chi connectivity index (χ0) is 14.8. The molecule has 1 unspecified atom stereocenters. The van der Waals surface area contributed by atoms with Crippen LogP contribution in [0.25, 0.3) is 0 Å². The number of carboxylic acids is 1. The van der Waals surface area contributed by atoms with Crippen molar-refractivity contribution in [3.05, 3.63) is 0 Å². The van der Waals surface area contributed by atoms with E-state index >= 15 is 0 Å². The lowest BCUT2D eigenvalue weighted by Crippen LogP contribution is -2.43. The molecule has 0 aromatic carbocycles. The van der Waals surface area contributed by atoms with E-state index in [0.717, 1.165) is 0 Å². The number of carbonyl (C=O) groups is 3. The molecule has 0 heterocycles. The third kappa shape index (κ3) is 8.01. The minimum atomic E-state index is -0.890. The lowest BCUT2D eigenvalue weighted by Gasteiger charge is -2.24. The van der Waals surface area contributed by atoms with Gasteiger partial charge in [-0.2, -0.15) is 0 Å². The number of amides is 2. The molecule has 110 valence electrons. The van der Waals surface area contributed by atoms with Crippen molar-refractivity contribution >= 4 is 18.0 Å². The first-order valence-corrected chi connectivity index (χ1v) is 6.26. The first-order chi connectivity index (χ1) is 8.88. The van der Waals surface area contributed by atoms with E-state index < -0.39 is 5.97 Å². The number of esters is 1. The smallest absolute Gasteiger partial charge is 0.317 e. The predicted molar refractivity (Wildman–Crippen MR) is 68.7 cm³/mol. The molecular formula is C12H22N2O5. The van der Waals surface area contributed by atoms with E-state index in [-0.39, 0.29) is 30.9 Å². The van der Waals surface area contributed by atoms with Gasteiger partial charge in [0.15, 0.2) is 0 Å². The Labute approximate surface area is 112 Å². The molecule has 0 aromatic rings. The summed E-state index contributed by atoms with van der Waals surface area (Å²) in [6.45, 7) is 4.08. The van der Waals surface area contributed by atoms with E-state index in [0.29, 0.717) is 19.6 Å². The maximum absolute atomic E-state index is 11.7. The van der Waals surface area contributed by atoms with Crippen LogP contribution in [-0.2, 0) is 14.3 Å².